The Morgan fingerprint density at radius 2 is 2.33 bits per heavy atom. The third-order valence-electron chi connectivity index (χ3n) is 2.80. The zero-order valence-electron chi connectivity index (χ0n) is 10.9. The van der Waals surface area contributed by atoms with Gasteiger partial charge in [-0.2, -0.15) is 0 Å². The van der Waals surface area contributed by atoms with Crippen molar-refractivity contribution in [3.05, 3.63) is 0 Å². The monoisotopic (exact) mass is 279 g/mol. The molecule has 1 heterocycles. The van der Waals surface area contributed by atoms with Crippen LogP contribution in [0.1, 0.15) is 13.3 Å². The van der Waals surface area contributed by atoms with Gasteiger partial charge in [0, 0.05) is 26.7 Å². The summed E-state index contributed by atoms with van der Waals surface area (Å²) in [5.41, 5.74) is 0. The largest absolute Gasteiger partial charge is 0.383 e. The summed E-state index contributed by atoms with van der Waals surface area (Å²) in [6.45, 7) is 4.51. The summed E-state index contributed by atoms with van der Waals surface area (Å²) >= 11 is 0. The Hall–Kier alpha value is -0.850. The number of nitrogens with one attached hydrogen (secondary N) is 2. The Morgan fingerprint density at radius 3 is 2.94 bits per heavy atom. The van der Waals surface area contributed by atoms with Gasteiger partial charge in [-0.05, 0) is 6.42 Å². The van der Waals surface area contributed by atoms with E-state index in [9.17, 15) is 9.59 Å². The molecule has 0 aliphatic carbocycles. The Kier molecular flexibility index (Phi) is 8.70. The molecule has 0 radical (unpaired) electrons. The number of carbonyl (C=O) groups is 2. The lowest BCUT2D eigenvalue weighted by Gasteiger charge is -2.34. The predicted octanol–water partition coefficient (Wildman–Crippen LogP) is -0.619. The smallest absolute Gasteiger partial charge is 0.242 e. The van der Waals surface area contributed by atoms with Crippen LogP contribution in [0.3, 0.4) is 0 Å². The highest BCUT2D eigenvalue weighted by atomic mass is 35.5. The second kappa shape index (κ2) is 9.13. The van der Waals surface area contributed by atoms with Crippen LogP contribution in [0.5, 0.6) is 0 Å². The summed E-state index contributed by atoms with van der Waals surface area (Å²) in [5.74, 6) is -0.0770. The highest BCUT2D eigenvalue weighted by molar-refractivity contribution is 5.89. The third-order valence-corrected chi connectivity index (χ3v) is 2.80. The zero-order chi connectivity index (χ0) is 12.7. The fraction of sp³-hybridized carbons (Fsp3) is 0.818. The molecule has 18 heavy (non-hydrogen) atoms. The van der Waals surface area contributed by atoms with E-state index in [1.807, 2.05) is 6.92 Å². The number of nitrogens with zero attached hydrogens (tertiary/aromatic N) is 1. The van der Waals surface area contributed by atoms with Crippen molar-refractivity contribution in [3.63, 3.8) is 0 Å². The maximum absolute atomic E-state index is 11.9. The molecule has 0 saturated carbocycles. The van der Waals surface area contributed by atoms with Gasteiger partial charge in [0.1, 0.15) is 6.04 Å². The van der Waals surface area contributed by atoms with E-state index >= 15 is 0 Å². The Balaban J connectivity index is 0.00000289. The lowest BCUT2D eigenvalue weighted by atomic mass is 10.1. The number of hydrogen-bond acceptors (Lipinski definition) is 4. The molecule has 106 valence electrons. The number of methoxy groups -OCH3 is 1. The van der Waals surface area contributed by atoms with Crippen molar-refractivity contribution in [2.75, 3.05) is 39.9 Å². The zero-order valence-corrected chi connectivity index (χ0v) is 11.7. The molecular formula is C11H22ClN3O3. The number of amides is 2. The number of hydrogen-bond donors (Lipinski definition) is 2. The number of halogens is 1. The molecule has 6 nitrogen and oxygen atoms in total. The highest BCUT2D eigenvalue weighted by Crippen LogP contribution is 2.08. The van der Waals surface area contributed by atoms with Gasteiger partial charge in [-0.25, -0.2) is 0 Å². The molecule has 0 aromatic carbocycles. The van der Waals surface area contributed by atoms with Crippen LogP contribution in [0.4, 0.5) is 0 Å². The van der Waals surface area contributed by atoms with Gasteiger partial charge in [-0.1, -0.05) is 6.92 Å². The Bertz CT molecular complexity index is 276. The lowest BCUT2D eigenvalue weighted by molar-refractivity contribution is -0.142. The topological polar surface area (TPSA) is 70.7 Å². The molecule has 1 aliphatic heterocycles. The molecule has 1 saturated heterocycles. The maximum atomic E-state index is 11.9. The minimum Gasteiger partial charge on any atom is -0.383 e. The lowest BCUT2D eigenvalue weighted by Crippen LogP contribution is -2.58. The summed E-state index contributed by atoms with van der Waals surface area (Å²) < 4.78 is 4.88. The van der Waals surface area contributed by atoms with Crippen LogP contribution in [0.25, 0.3) is 0 Å². The van der Waals surface area contributed by atoms with Crippen LogP contribution < -0.4 is 10.6 Å². The quantitative estimate of drug-likeness (QED) is 0.636. The Morgan fingerprint density at radius 1 is 1.61 bits per heavy atom. The second-order valence-electron chi connectivity index (χ2n) is 3.97. The van der Waals surface area contributed by atoms with Crippen LogP contribution in [0.15, 0.2) is 0 Å². The average molecular weight is 280 g/mol. The first-order valence-corrected chi connectivity index (χ1v) is 5.97. The van der Waals surface area contributed by atoms with Crippen molar-refractivity contribution in [3.8, 4) is 0 Å². The van der Waals surface area contributed by atoms with Gasteiger partial charge >= 0.3 is 0 Å². The van der Waals surface area contributed by atoms with Crippen molar-refractivity contribution in [1.82, 2.24) is 15.5 Å². The molecular weight excluding hydrogens is 258 g/mol. The van der Waals surface area contributed by atoms with E-state index in [1.165, 1.54) is 0 Å². The number of rotatable bonds is 6. The summed E-state index contributed by atoms with van der Waals surface area (Å²) in [6, 6.07) is -0.319. The summed E-state index contributed by atoms with van der Waals surface area (Å²) in [6.07, 6.45) is 0.648. The van der Waals surface area contributed by atoms with E-state index in [0.717, 1.165) is 0 Å². The molecule has 2 amide bonds. The number of carbonyl (C=O) groups excluding carboxylic acids is 2. The third kappa shape index (κ3) is 4.80. The predicted molar refractivity (Wildman–Crippen MR) is 70.8 cm³/mol. The standard InChI is InChI=1S/C11H21N3O3.ClH/c1-3-9-11(16)13-4-6-14(9)10(15)8-12-5-7-17-2;/h9,12H,3-8H2,1-2H3,(H,13,16);1H. The first kappa shape index (κ1) is 17.2. The first-order chi connectivity index (χ1) is 8.20. The van der Waals surface area contributed by atoms with Crippen molar-refractivity contribution in [2.45, 2.75) is 19.4 Å². The van der Waals surface area contributed by atoms with Crippen molar-refractivity contribution < 1.29 is 14.3 Å². The van der Waals surface area contributed by atoms with Crippen molar-refractivity contribution in [1.29, 1.82) is 0 Å². The van der Waals surface area contributed by atoms with Crippen LogP contribution in [-0.2, 0) is 14.3 Å². The average Bonchev–Trinajstić information content (AvgIpc) is 2.34. The molecule has 1 rings (SSSR count). The van der Waals surface area contributed by atoms with Gasteiger partial charge in [-0.15, -0.1) is 12.4 Å². The van der Waals surface area contributed by atoms with Crippen LogP contribution >= 0.6 is 12.4 Å². The second-order valence-corrected chi connectivity index (χ2v) is 3.97. The van der Waals surface area contributed by atoms with Gasteiger partial charge in [0.25, 0.3) is 0 Å². The molecule has 1 aliphatic rings. The summed E-state index contributed by atoms with van der Waals surface area (Å²) in [5, 5.41) is 5.77. The molecule has 2 N–H and O–H groups in total. The summed E-state index contributed by atoms with van der Waals surface area (Å²) in [7, 11) is 1.62. The SMILES string of the molecule is CCC1C(=O)NCCN1C(=O)CNCCOC.Cl. The van der Waals surface area contributed by atoms with Crippen LogP contribution in [0.2, 0.25) is 0 Å². The van der Waals surface area contributed by atoms with Gasteiger partial charge < -0.3 is 20.3 Å². The van der Waals surface area contributed by atoms with E-state index in [-0.39, 0.29) is 36.8 Å². The molecule has 0 spiro atoms. The fourth-order valence-electron chi connectivity index (χ4n) is 1.89. The van der Waals surface area contributed by atoms with E-state index in [2.05, 4.69) is 10.6 Å². The minimum absolute atomic E-state index is 0. The van der Waals surface area contributed by atoms with Gasteiger partial charge in [0.15, 0.2) is 0 Å². The van der Waals surface area contributed by atoms with Crippen molar-refractivity contribution >= 4 is 24.2 Å². The minimum atomic E-state index is -0.319. The van der Waals surface area contributed by atoms with Crippen molar-refractivity contribution in [2.24, 2.45) is 0 Å². The molecule has 7 heteroatoms. The first-order valence-electron chi connectivity index (χ1n) is 5.97. The number of ether oxygens (including phenoxy) is 1. The summed E-state index contributed by atoms with van der Waals surface area (Å²) in [4.78, 5) is 25.1. The van der Waals surface area contributed by atoms with Crippen LogP contribution in [-0.4, -0.2) is 62.7 Å². The Labute approximate surface area is 114 Å². The fourth-order valence-corrected chi connectivity index (χ4v) is 1.89. The molecule has 1 fully saturated rings. The van der Waals surface area contributed by atoms with Gasteiger partial charge in [0.05, 0.1) is 13.2 Å². The highest BCUT2D eigenvalue weighted by Gasteiger charge is 2.30. The maximum Gasteiger partial charge on any atom is 0.242 e. The van der Waals surface area contributed by atoms with E-state index < -0.39 is 0 Å². The molecule has 1 atom stereocenters. The van der Waals surface area contributed by atoms with E-state index in [1.54, 1.807) is 12.0 Å². The van der Waals surface area contributed by atoms with E-state index in [0.29, 0.717) is 32.7 Å². The molecule has 0 bridgehead atoms. The van der Waals surface area contributed by atoms with Crippen LogP contribution in [0, 0.1) is 0 Å². The van der Waals surface area contributed by atoms with Gasteiger partial charge in [-0.3, -0.25) is 9.59 Å². The molecule has 0 aromatic heterocycles. The van der Waals surface area contributed by atoms with Gasteiger partial charge in [0.2, 0.25) is 11.8 Å². The molecule has 1 unspecified atom stereocenters. The normalized spacial score (nSPS) is 19.1. The number of piperazine rings is 1. The molecule has 0 aromatic rings. The van der Waals surface area contributed by atoms with E-state index in [4.69, 9.17) is 4.74 Å².